The van der Waals surface area contributed by atoms with Crippen molar-refractivity contribution >= 4 is 21.7 Å². The van der Waals surface area contributed by atoms with E-state index in [4.69, 9.17) is 0 Å². The zero-order valence-corrected chi connectivity index (χ0v) is 19.0. The van der Waals surface area contributed by atoms with Gasteiger partial charge in [0.15, 0.2) is 5.78 Å². The minimum Gasteiger partial charge on any atom is -0.342 e. The molecule has 1 aliphatic rings. The molecule has 0 saturated carbocycles. The molecule has 0 spiro atoms. The first kappa shape index (κ1) is 23.2. The second-order valence-corrected chi connectivity index (χ2v) is 10.2. The summed E-state index contributed by atoms with van der Waals surface area (Å²) in [6.07, 6.45) is 4.04. The van der Waals surface area contributed by atoms with E-state index in [2.05, 4.69) is 24.3 Å². The SMILES string of the molecule is CC(=O)c1ccc(S(=O)(=O)N(C)CC(=O)N2CCC(CCc3ccccc3)CC2)cc1. The number of likely N-dealkylation sites (tertiary alicyclic amines) is 1. The summed E-state index contributed by atoms with van der Waals surface area (Å²) in [7, 11) is -2.38. The summed E-state index contributed by atoms with van der Waals surface area (Å²) in [6.45, 7) is 2.57. The molecule has 3 rings (SSSR count). The average molecular weight is 443 g/mol. The molecule has 1 fully saturated rings. The van der Waals surface area contributed by atoms with Crippen molar-refractivity contribution in [2.24, 2.45) is 5.92 Å². The lowest BCUT2D eigenvalue weighted by Gasteiger charge is -2.33. The Kier molecular flexibility index (Phi) is 7.62. The average Bonchev–Trinajstić information content (AvgIpc) is 2.78. The first-order chi connectivity index (χ1) is 14.8. The third kappa shape index (κ3) is 6.02. The van der Waals surface area contributed by atoms with E-state index in [0.29, 0.717) is 24.6 Å². The fourth-order valence-corrected chi connectivity index (χ4v) is 5.02. The van der Waals surface area contributed by atoms with Crippen LogP contribution in [0.15, 0.2) is 59.5 Å². The number of nitrogens with zero attached hydrogens (tertiary/aromatic N) is 2. The molecule has 0 aromatic heterocycles. The molecule has 7 heteroatoms. The highest BCUT2D eigenvalue weighted by atomic mass is 32.2. The van der Waals surface area contributed by atoms with Crippen LogP contribution in [0, 0.1) is 5.92 Å². The van der Waals surface area contributed by atoms with Gasteiger partial charge in [0.05, 0.1) is 11.4 Å². The number of carbonyl (C=O) groups excluding carboxylic acids is 2. The summed E-state index contributed by atoms with van der Waals surface area (Å²) >= 11 is 0. The first-order valence-electron chi connectivity index (χ1n) is 10.7. The Labute approximate surface area is 184 Å². The van der Waals surface area contributed by atoms with Gasteiger partial charge in [-0.3, -0.25) is 9.59 Å². The van der Waals surface area contributed by atoms with Crippen LogP contribution in [0.1, 0.15) is 42.1 Å². The maximum atomic E-state index is 12.8. The number of carbonyl (C=O) groups is 2. The number of ketones is 1. The predicted octanol–water partition coefficient (Wildman–Crippen LogP) is 3.38. The molecule has 1 heterocycles. The lowest BCUT2D eigenvalue weighted by molar-refractivity contribution is -0.132. The van der Waals surface area contributed by atoms with Gasteiger partial charge in [-0.2, -0.15) is 4.31 Å². The van der Waals surface area contributed by atoms with Gasteiger partial charge in [0, 0.05) is 25.7 Å². The number of likely N-dealkylation sites (N-methyl/N-ethyl adjacent to an activating group) is 1. The largest absolute Gasteiger partial charge is 0.342 e. The van der Waals surface area contributed by atoms with Crippen LogP contribution in [0.25, 0.3) is 0 Å². The van der Waals surface area contributed by atoms with Crippen molar-refractivity contribution in [3.05, 3.63) is 65.7 Å². The number of amides is 1. The standard InChI is InChI=1S/C24H30N2O4S/c1-19(27)22-10-12-23(13-11-22)31(29,30)25(2)18-24(28)26-16-14-21(15-17-26)9-8-20-6-4-3-5-7-20/h3-7,10-13,21H,8-9,14-18H2,1-2H3. The van der Waals surface area contributed by atoms with E-state index in [1.807, 2.05) is 6.07 Å². The molecule has 0 aliphatic carbocycles. The highest BCUT2D eigenvalue weighted by Crippen LogP contribution is 2.23. The summed E-state index contributed by atoms with van der Waals surface area (Å²) in [4.78, 5) is 25.9. The van der Waals surface area contributed by atoms with Crippen LogP contribution in [0.3, 0.4) is 0 Å². The van der Waals surface area contributed by atoms with Gasteiger partial charge in [0.1, 0.15) is 0 Å². The molecule has 6 nitrogen and oxygen atoms in total. The van der Waals surface area contributed by atoms with Crippen LogP contribution < -0.4 is 0 Å². The fraction of sp³-hybridized carbons (Fsp3) is 0.417. The van der Waals surface area contributed by atoms with Crippen LogP contribution in [-0.4, -0.2) is 56.0 Å². The Balaban J connectivity index is 1.50. The topological polar surface area (TPSA) is 74.8 Å². The number of hydrogen-bond acceptors (Lipinski definition) is 4. The second-order valence-electron chi connectivity index (χ2n) is 8.19. The maximum absolute atomic E-state index is 12.8. The number of sulfonamides is 1. The van der Waals surface area contributed by atoms with Gasteiger partial charge in [0.25, 0.3) is 0 Å². The first-order valence-corrected chi connectivity index (χ1v) is 12.1. The van der Waals surface area contributed by atoms with Gasteiger partial charge in [0.2, 0.25) is 15.9 Å². The van der Waals surface area contributed by atoms with Crippen molar-refractivity contribution in [1.29, 1.82) is 0 Å². The van der Waals surface area contributed by atoms with E-state index in [1.54, 1.807) is 4.90 Å². The highest BCUT2D eigenvalue weighted by Gasteiger charge is 2.27. The molecule has 2 aromatic carbocycles. The lowest BCUT2D eigenvalue weighted by atomic mass is 9.90. The summed E-state index contributed by atoms with van der Waals surface area (Å²) in [5, 5.41) is 0. The minimum absolute atomic E-state index is 0.0763. The number of benzene rings is 2. The molecule has 1 amide bonds. The molecule has 166 valence electrons. The van der Waals surface area contributed by atoms with Crippen molar-refractivity contribution in [2.75, 3.05) is 26.7 Å². The maximum Gasteiger partial charge on any atom is 0.243 e. The fourth-order valence-electron chi connectivity index (χ4n) is 3.90. The summed E-state index contributed by atoms with van der Waals surface area (Å²) in [5.41, 5.74) is 1.79. The molecular weight excluding hydrogens is 412 g/mol. The molecule has 31 heavy (non-hydrogen) atoms. The zero-order valence-electron chi connectivity index (χ0n) is 18.2. The van der Waals surface area contributed by atoms with E-state index in [1.165, 1.54) is 43.8 Å². The van der Waals surface area contributed by atoms with Crippen molar-refractivity contribution in [2.45, 2.75) is 37.5 Å². The summed E-state index contributed by atoms with van der Waals surface area (Å²) in [5.74, 6) is 0.290. The van der Waals surface area contributed by atoms with Crippen molar-refractivity contribution in [3.63, 3.8) is 0 Å². The quantitative estimate of drug-likeness (QED) is 0.588. The van der Waals surface area contributed by atoms with E-state index >= 15 is 0 Å². The Morgan fingerprint density at radius 1 is 1.00 bits per heavy atom. The van der Waals surface area contributed by atoms with Crippen molar-refractivity contribution in [3.8, 4) is 0 Å². The monoisotopic (exact) mass is 442 g/mol. The van der Waals surface area contributed by atoms with Gasteiger partial charge in [-0.25, -0.2) is 8.42 Å². The van der Waals surface area contributed by atoms with Gasteiger partial charge in [-0.15, -0.1) is 0 Å². The Hall–Kier alpha value is -2.51. The van der Waals surface area contributed by atoms with Crippen molar-refractivity contribution < 1.29 is 18.0 Å². The number of Topliss-reactive ketones (excluding diaryl/α,β-unsaturated/α-hetero) is 1. The normalized spacial score (nSPS) is 15.3. The third-order valence-electron chi connectivity index (χ3n) is 5.98. The Bertz CT molecular complexity index is 996. The molecule has 1 aliphatic heterocycles. The number of rotatable bonds is 8. The molecule has 0 bridgehead atoms. The Morgan fingerprint density at radius 3 is 2.19 bits per heavy atom. The van der Waals surface area contributed by atoms with Gasteiger partial charge in [-0.05, 0) is 56.2 Å². The third-order valence-corrected chi connectivity index (χ3v) is 7.80. The van der Waals surface area contributed by atoms with Crippen molar-refractivity contribution in [1.82, 2.24) is 9.21 Å². The summed E-state index contributed by atoms with van der Waals surface area (Å²) in [6, 6.07) is 16.2. The van der Waals surface area contributed by atoms with E-state index < -0.39 is 10.0 Å². The molecular formula is C24H30N2O4S. The van der Waals surface area contributed by atoms with Crippen LogP contribution >= 0.6 is 0 Å². The molecule has 0 unspecified atom stereocenters. The number of hydrogen-bond donors (Lipinski definition) is 0. The predicted molar refractivity (Wildman–Crippen MR) is 120 cm³/mol. The van der Waals surface area contributed by atoms with Gasteiger partial charge < -0.3 is 4.90 Å². The number of aryl methyl sites for hydroxylation is 1. The van der Waals surface area contributed by atoms with Crippen LogP contribution in [-0.2, 0) is 21.2 Å². The minimum atomic E-state index is -3.79. The van der Waals surface area contributed by atoms with Crippen LogP contribution in [0.4, 0.5) is 0 Å². The second kappa shape index (κ2) is 10.2. The van der Waals surface area contributed by atoms with Gasteiger partial charge in [-0.1, -0.05) is 42.5 Å². The van der Waals surface area contributed by atoms with Crippen LogP contribution in [0.5, 0.6) is 0 Å². The molecule has 0 radical (unpaired) electrons. The van der Waals surface area contributed by atoms with E-state index in [9.17, 15) is 18.0 Å². The Morgan fingerprint density at radius 2 is 1.61 bits per heavy atom. The lowest BCUT2D eigenvalue weighted by Crippen LogP contribution is -2.44. The zero-order chi connectivity index (χ0) is 22.4. The van der Waals surface area contributed by atoms with E-state index in [-0.39, 0.29) is 23.1 Å². The van der Waals surface area contributed by atoms with E-state index in [0.717, 1.165) is 30.0 Å². The number of piperidine rings is 1. The van der Waals surface area contributed by atoms with Gasteiger partial charge >= 0.3 is 0 Å². The highest BCUT2D eigenvalue weighted by molar-refractivity contribution is 7.89. The summed E-state index contributed by atoms with van der Waals surface area (Å²) < 4.78 is 26.6. The molecule has 0 N–H and O–H groups in total. The van der Waals surface area contributed by atoms with Crippen LogP contribution in [0.2, 0.25) is 0 Å². The molecule has 0 atom stereocenters. The molecule has 1 saturated heterocycles. The molecule has 2 aromatic rings. The smallest absolute Gasteiger partial charge is 0.243 e.